The van der Waals surface area contributed by atoms with Gasteiger partial charge >= 0.3 is 0 Å². The summed E-state index contributed by atoms with van der Waals surface area (Å²) in [7, 11) is 0. The predicted molar refractivity (Wildman–Crippen MR) is 79.3 cm³/mol. The lowest BCUT2D eigenvalue weighted by molar-refractivity contribution is -0.124. The lowest BCUT2D eigenvalue weighted by Gasteiger charge is -2.23. The Morgan fingerprint density at radius 2 is 2.19 bits per heavy atom. The molecular weight excluding hydrogens is 270 g/mol. The van der Waals surface area contributed by atoms with Gasteiger partial charge in [0.2, 0.25) is 0 Å². The molecule has 5 heteroatoms. The highest BCUT2D eigenvalue weighted by Gasteiger charge is 2.17. The van der Waals surface area contributed by atoms with Crippen LogP contribution in [0.4, 0.5) is 0 Å². The average Bonchev–Trinajstić information content (AvgIpc) is 2.46. The van der Waals surface area contributed by atoms with E-state index in [1.165, 1.54) is 0 Å². The fourth-order valence-electron chi connectivity index (χ4n) is 2.37. The first kappa shape index (κ1) is 15.8. The van der Waals surface area contributed by atoms with Crippen molar-refractivity contribution in [3.8, 4) is 5.75 Å². The molecule has 1 aromatic rings. The van der Waals surface area contributed by atoms with Gasteiger partial charge in [0, 0.05) is 24.8 Å². The molecule has 1 aliphatic rings. The monoisotopic (exact) mass is 293 g/mol. The van der Waals surface area contributed by atoms with Crippen LogP contribution in [0.3, 0.4) is 0 Å². The van der Waals surface area contributed by atoms with Gasteiger partial charge in [0.05, 0.1) is 6.10 Å². The number of benzene rings is 1. The Morgan fingerprint density at radius 1 is 1.48 bits per heavy atom. The highest BCUT2D eigenvalue weighted by atomic mass is 16.5. The van der Waals surface area contributed by atoms with Crippen LogP contribution in [0.5, 0.6) is 5.75 Å². The van der Waals surface area contributed by atoms with Crippen molar-refractivity contribution < 1.29 is 19.4 Å². The summed E-state index contributed by atoms with van der Waals surface area (Å²) in [5, 5.41) is 12.7. The minimum absolute atomic E-state index is 0.0411. The van der Waals surface area contributed by atoms with Crippen LogP contribution in [0, 0.1) is 6.92 Å². The van der Waals surface area contributed by atoms with Crippen molar-refractivity contribution in [2.24, 2.45) is 0 Å². The van der Waals surface area contributed by atoms with Crippen LogP contribution in [0.15, 0.2) is 18.2 Å². The van der Waals surface area contributed by atoms with E-state index in [9.17, 15) is 9.90 Å². The Hall–Kier alpha value is -1.59. The van der Waals surface area contributed by atoms with Crippen molar-refractivity contribution in [3.05, 3.63) is 29.3 Å². The van der Waals surface area contributed by atoms with Gasteiger partial charge in [-0.2, -0.15) is 0 Å². The molecule has 2 N–H and O–H groups in total. The van der Waals surface area contributed by atoms with Crippen molar-refractivity contribution in [1.29, 1.82) is 0 Å². The first-order valence-corrected chi connectivity index (χ1v) is 7.35. The van der Waals surface area contributed by atoms with Gasteiger partial charge in [0.1, 0.15) is 5.75 Å². The van der Waals surface area contributed by atoms with Crippen LogP contribution in [0.1, 0.15) is 37.0 Å². The molecule has 1 amide bonds. The Morgan fingerprint density at radius 3 is 2.86 bits per heavy atom. The second kappa shape index (κ2) is 7.43. The highest BCUT2D eigenvalue weighted by Crippen LogP contribution is 2.26. The molecule has 1 atom stereocenters. The van der Waals surface area contributed by atoms with Gasteiger partial charge in [-0.25, -0.2) is 0 Å². The maximum absolute atomic E-state index is 11.9. The molecule has 1 aliphatic heterocycles. The minimum atomic E-state index is -0.626. The minimum Gasteiger partial charge on any atom is -0.483 e. The van der Waals surface area contributed by atoms with Gasteiger partial charge in [-0.1, -0.05) is 12.1 Å². The number of aliphatic hydroxyl groups is 1. The largest absolute Gasteiger partial charge is 0.483 e. The zero-order chi connectivity index (χ0) is 15.2. The summed E-state index contributed by atoms with van der Waals surface area (Å²) >= 11 is 0. The van der Waals surface area contributed by atoms with E-state index in [2.05, 4.69) is 5.32 Å². The molecule has 1 aromatic carbocycles. The Labute approximate surface area is 125 Å². The number of hydrogen-bond donors (Lipinski definition) is 2. The van der Waals surface area contributed by atoms with Gasteiger partial charge in [-0.05, 0) is 38.3 Å². The lowest BCUT2D eigenvalue weighted by Crippen LogP contribution is -2.41. The number of carbonyl (C=O) groups excluding carboxylic acids is 1. The van der Waals surface area contributed by atoms with Crippen LogP contribution < -0.4 is 10.1 Å². The second-order valence-electron chi connectivity index (χ2n) is 5.46. The molecule has 5 nitrogen and oxygen atoms in total. The maximum atomic E-state index is 11.9. The number of rotatable bonds is 5. The van der Waals surface area contributed by atoms with Crippen LogP contribution >= 0.6 is 0 Å². The van der Waals surface area contributed by atoms with E-state index in [0.717, 1.165) is 18.4 Å². The molecule has 0 radical (unpaired) electrons. The second-order valence-corrected chi connectivity index (χ2v) is 5.46. The SMILES string of the molecule is Cc1ccc([C@@H](C)O)c(OCC(=O)NC2CCOCC2)c1. The molecule has 2 rings (SSSR count). The summed E-state index contributed by atoms with van der Waals surface area (Å²) in [6.07, 6.45) is 1.06. The number of aliphatic hydroxyl groups excluding tert-OH is 1. The molecule has 0 aromatic heterocycles. The number of amides is 1. The molecule has 0 bridgehead atoms. The molecular formula is C16H23NO4. The number of hydrogen-bond acceptors (Lipinski definition) is 4. The maximum Gasteiger partial charge on any atom is 0.258 e. The van der Waals surface area contributed by atoms with Crippen molar-refractivity contribution >= 4 is 5.91 Å². The molecule has 1 saturated heterocycles. The normalized spacial score (nSPS) is 17.3. The number of carbonyl (C=O) groups is 1. The topological polar surface area (TPSA) is 67.8 Å². The van der Waals surface area contributed by atoms with Crippen LogP contribution in [-0.4, -0.2) is 36.9 Å². The molecule has 116 valence electrons. The molecule has 1 fully saturated rings. The van der Waals surface area contributed by atoms with Crippen molar-refractivity contribution in [1.82, 2.24) is 5.32 Å². The standard InChI is InChI=1S/C16H23NO4/c1-11-3-4-14(12(2)18)15(9-11)21-10-16(19)17-13-5-7-20-8-6-13/h3-4,9,12-13,18H,5-8,10H2,1-2H3,(H,17,19)/t12-/m1/s1. The van der Waals surface area contributed by atoms with E-state index in [1.807, 2.05) is 25.1 Å². The summed E-state index contributed by atoms with van der Waals surface area (Å²) < 4.78 is 10.8. The van der Waals surface area contributed by atoms with Crippen LogP contribution in [0.25, 0.3) is 0 Å². The smallest absolute Gasteiger partial charge is 0.258 e. The van der Waals surface area contributed by atoms with Crippen LogP contribution in [0.2, 0.25) is 0 Å². The third-order valence-corrected chi connectivity index (χ3v) is 3.56. The fourth-order valence-corrected chi connectivity index (χ4v) is 2.37. The van der Waals surface area contributed by atoms with Crippen molar-refractivity contribution in [2.45, 2.75) is 38.8 Å². The lowest BCUT2D eigenvalue weighted by atomic mass is 10.1. The number of ether oxygens (including phenoxy) is 2. The summed E-state index contributed by atoms with van der Waals surface area (Å²) in [5.74, 6) is 0.423. The molecule has 0 unspecified atom stereocenters. The zero-order valence-electron chi connectivity index (χ0n) is 12.6. The Kier molecular flexibility index (Phi) is 5.59. The van der Waals surface area contributed by atoms with Gasteiger partial charge < -0.3 is 19.9 Å². The molecule has 21 heavy (non-hydrogen) atoms. The Bertz CT molecular complexity index is 481. The molecule has 0 saturated carbocycles. The van der Waals surface area contributed by atoms with E-state index < -0.39 is 6.10 Å². The molecule has 0 aliphatic carbocycles. The van der Waals surface area contributed by atoms with E-state index in [4.69, 9.17) is 9.47 Å². The van der Waals surface area contributed by atoms with Crippen molar-refractivity contribution in [2.75, 3.05) is 19.8 Å². The quantitative estimate of drug-likeness (QED) is 0.867. The van der Waals surface area contributed by atoms with Gasteiger partial charge in [0.25, 0.3) is 5.91 Å². The third kappa shape index (κ3) is 4.72. The first-order valence-electron chi connectivity index (χ1n) is 7.35. The highest BCUT2D eigenvalue weighted by molar-refractivity contribution is 5.77. The van der Waals surface area contributed by atoms with Gasteiger partial charge in [0.15, 0.2) is 6.61 Å². The summed E-state index contributed by atoms with van der Waals surface area (Å²) in [6.45, 7) is 4.96. The summed E-state index contributed by atoms with van der Waals surface area (Å²) in [6, 6.07) is 5.75. The van der Waals surface area contributed by atoms with Gasteiger partial charge in [-0.15, -0.1) is 0 Å². The zero-order valence-corrected chi connectivity index (χ0v) is 12.6. The predicted octanol–water partition coefficient (Wildman–Crippen LogP) is 1.72. The van der Waals surface area contributed by atoms with E-state index in [1.54, 1.807) is 6.92 Å². The summed E-state index contributed by atoms with van der Waals surface area (Å²) in [4.78, 5) is 11.9. The Balaban J connectivity index is 1.89. The van der Waals surface area contributed by atoms with Crippen LogP contribution in [-0.2, 0) is 9.53 Å². The molecule has 1 heterocycles. The molecule has 0 spiro atoms. The van der Waals surface area contributed by atoms with Crippen molar-refractivity contribution in [3.63, 3.8) is 0 Å². The van der Waals surface area contributed by atoms with E-state index >= 15 is 0 Å². The number of aryl methyl sites for hydroxylation is 1. The van der Waals surface area contributed by atoms with E-state index in [-0.39, 0.29) is 18.6 Å². The average molecular weight is 293 g/mol. The third-order valence-electron chi connectivity index (χ3n) is 3.56. The van der Waals surface area contributed by atoms with E-state index in [0.29, 0.717) is 24.5 Å². The number of nitrogens with one attached hydrogen (secondary N) is 1. The fraction of sp³-hybridized carbons (Fsp3) is 0.562. The summed E-state index contributed by atoms with van der Waals surface area (Å²) in [5.41, 5.74) is 1.72. The first-order chi connectivity index (χ1) is 10.1. The van der Waals surface area contributed by atoms with Gasteiger partial charge in [-0.3, -0.25) is 4.79 Å².